The number of terminal acetylenes is 1. The van der Waals surface area contributed by atoms with Gasteiger partial charge in [0.15, 0.2) is 0 Å². The molecule has 0 bridgehead atoms. The number of hydrogen-bond acceptors (Lipinski definition) is 1. The van der Waals surface area contributed by atoms with Gasteiger partial charge in [-0.05, 0) is 25.0 Å². The molecule has 0 aromatic rings. The average molecular weight is 187 g/mol. The Morgan fingerprint density at radius 1 is 1.57 bits per heavy atom. The molecule has 0 atom stereocenters. The van der Waals surface area contributed by atoms with Gasteiger partial charge < -0.3 is 4.90 Å². The molecule has 1 aliphatic heterocycles. The van der Waals surface area contributed by atoms with Crippen LogP contribution in [-0.4, -0.2) is 11.4 Å². The van der Waals surface area contributed by atoms with Gasteiger partial charge in [-0.1, -0.05) is 25.8 Å². The van der Waals surface area contributed by atoms with Crippen LogP contribution in [0.25, 0.3) is 0 Å². The van der Waals surface area contributed by atoms with E-state index in [0.717, 1.165) is 17.8 Å². The number of rotatable bonds is 3. The largest absolute Gasteiger partial charge is 0.347 e. The number of allylic oxidation sites excluding steroid dienone is 3. The summed E-state index contributed by atoms with van der Waals surface area (Å²) in [5.74, 6) is 2.67. The molecule has 1 rings (SSSR count). The van der Waals surface area contributed by atoms with Gasteiger partial charge in [0.1, 0.15) is 0 Å². The van der Waals surface area contributed by atoms with E-state index in [9.17, 15) is 0 Å². The zero-order chi connectivity index (χ0) is 10.6. The van der Waals surface area contributed by atoms with Crippen molar-refractivity contribution in [1.29, 1.82) is 0 Å². The Kier molecular flexibility index (Phi) is 3.59. The predicted octanol–water partition coefficient (Wildman–Crippen LogP) is 3.08. The summed E-state index contributed by atoms with van der Waals surface area (Å²) in [5, 5.41) is 0. The lowest BCUT2D eigenvalue weighted by atomic mass is 10.1. The maximum Gasteiger partial charge on any atom is 0.0492 e. The Morgan fingerprint density at radius 2 is 2.29 bits per heavy atom. The Balaban J connectivity index is 2.77. The van der Waals surface area contributed by atoms with Gasteiger partial charge in [0.25, 0.3) is 0 Å². The molecule has 14 heavy (non-hydrogen) atoms. The highest BCUT2D eigenvalue weighted by molar-refractivity contribution is 5.49. The van der Waals surface area contributed by atoms with Crippen LogP contribution in [0.15, 0.2) is 35.7 Å². The first-order valence-corrected chi connectivity index (χ1v) is 5.01. The maximum atomic E-state index is 5.41. The average Bonchev–Trinajstić information content (AvgIpc) is 2.18. The van der Waals surface area contributed by atoms with E-state index in [1.807, 2.05) is 6.08 Å². The summed E-state index contributed by atoms with van der Waals surface area (Å²) in [7, 11) is 0. The topological polar surface area (TPSA) is 3.24 Å². The fourth-order valence-corrected chi connectivity index (χ4v) is 1.48. The second kappa shape index (κ2) is 4.72. The standard InChI is InChI=1S/C13H17N/c1-5-7-8-14-10-11(3)9-13(6-2)12(14)4/h2,9-10H,4-5,7-8H2,1,3H3. The number of hydrogen-bond donors (Lipinski definition) is 0. The fraction of sp³-hybridized carbons (Fsp3) is 0.385. The molecule has 74 valence electrons. The van der Waals surface area contributed by atoms with Gasteiger partial charge in [0.2, 0.25) is 0 Å². The first-order valence-electron chi connectivity index (χ1n) is 5.01. The molecule has 0 amide bonds. The summed E-state index contributed by atoms with van der Waals surface area (Å²) in [6.07, 6.45) is 11.9. The Morgan fingerprint density at radius 3 is 2.86 bits per heavy atom. The van der Waals surface area contributed by atoms with Crippen molar-refractivity contribution in [2.24, 2.45) is 0 Å². The fourth-order valence-electron chi connectivity index (χ4n) is 1.48. The molecular weight excluding hydrogens is 170 g/mol. The van der Waals surface area contributed by atoms with Crippen molar-refractivity contribution in [3.05, 3.63) is 35.7 Å². The zero-order valence-electron chi connectivity index (χ0n) is 9.01. The third-order valence-electron chi connectivity index (χ3n) is 2.30. The summed E-state index contributed by atoms with van der Waals surface area (Å²) in [6.45, 7) is 9.25. The molecule has 0 aliphatic carbocycles. The van der Waals surface area contributed by atoms with Gasteiger partial charge in [-0.15, -0.1) is 6.42 Å². The third-order valence-corrected chi connectivity index (χ3v) is 2.30. The molecule has 0 spiro atoms. The summed E-state index contributed by atoms with van der Waals surface area (Å²) in [5.41, 5.74) is 3.05. The van der Waals surface area contributed by atoms with Crippen LogP contribution in [0.3, 0.4) is 0 Å². The minimum atomic E-state index is 0.904. The van der Waals surface area contributed by atoms with Gasteiger partial charge in [0.05, 0.1) is 0 Å². The summed E-state index contributed by atoms with van der Waals surface area (Å²) < 4.78 is 0. The molecule has 1 aliphatic rings. The quantitative estimate of drug-likeness (QED) is 0.614. The van der Waals surface area contributed by atoms with E-state index < -0.39 is 0 Å². The zero-order valence-corrected chi connectivity index (χ0v) is 9.01. The number of nitrogens with zero attached hydrogens (tertiary/aromatic N) is 1. The molecule has 1 heteroatoms. The highest BCUT2D eigenvalue weighted by atomic mass is 15.1. The van der Waals surface area contributed by atoms with Gasteiger partial charge in [-0.2, -0.15) is 0 Å². The first kappa shape index (κ1) is 10.7. The van der Waals surface area contributed by atoms with Crippen LogP contribution in [0.1, 0.15) is 26.7 Å². The van der Waals surface area contributed by atoms with Crippen molar-refractivity contribution in [2.45, 2.75) is 26.7 Å². The van der Waals surface area contributed by atoms with Crippen LogP contribution in [-0.2, 0) is 0 Å². The lowest BCUT2D eigenvalue weighted by Crippen LogP contribution is -2.21. The molecule has 0 aromatic carbocycles. The van der Waals surface area contributed by atoms with Gasteiger partial charge in [-0.3, -0.25) is 0 Å². The van der Waals surface area contributed by atoms with Crippen molar-refractivity contribution in [1.82, 2.24) is 4.90 Å². The minimum Gasteiger partial charge on any atom is -0.347 e. The molecule has 1 heterocycles. The molecule has 0 saturated heterocycles. The van der Waals surface area contributed by atoms with Crippen LogP contribution >= 0.6 is 0 Å². The van der Waals surface area contributed by atoms with E-state index >= 15 is 0 Å². The molecular formula is C13H17N. The van der Waals surface area contributed by atoms with Crippen molar-refractivity contribution in [3.8, 4) is 12.3 Å². The normalized spacial score (nSPS) is 16.1. The molecule has 0 aromatic heterocycles. The second-order valence-corrected chi connectivity index (χ2v) is 3.57. The van der Waals surface area contributed by atoms with Crippen molar-refractivity contribution in [2.75, 3.05) is 6.54 Å². The van der Waals surface area contributed by atoms with E-state index in [0.29, 0.717) is 0 Å². The SMILES string of the molecule is C#CC1=CC(C)=CN(CCCC)C1=C. The van der Waals surface area contributed by atoms with E-state index in [4.69, 9.17) is 6.42 Å². The van der Waals surface area contributed by atoms with Crippen molar-refractivity contribution >= 4 is 0 Å². The maximum absolute atomic E-state index is 5.41. The van der Waals surface area contributed by atoms with Gasteiger partial charge in [-0.25, -0.2) is 0 Å². The Labute approximate surface area is 86.8 Å². The highest BCUT2D eigenvalue weighted by Crippen LogP contribution is 2.22. The highest BCUT2D eigenvalue weighted by Gasteiger charge is 2.12. The number of unbranched alkanes of at least 4 members (excludes halogenated alkanes) is 1. The summed E-state index contributed by atoms with van der Waals surface area (Å²) >= 11 is 0. The summed E-state index contributed by atoms with van der Waals surface area (Å²) in [4.78, 5) is 2.15. The smallest absolute Gasteiger partial charge is 0.0492 e. The molecule has 1 nitrogen and oxygen atoms in total. The first-order chi connectivity index (χ1) is 6.69. The van der Waals surface area contributed by atoms with E-state index in [1.54, 1.807) is 0 Å². The Bertz CT molecular complexity index is 326. The second-order valence-electron chi connectivity index (χ2n) is 3.57. The van der Waals surface area contributed by atoms with Crippen LogP contribution in [0.2, 0.25) is 0 Å². The van der Waals surface area contributed by atoms with E-state index in [2.05, 4.69) is 37.4 Å². The lowest BCUT2D eigenvalue weighted by Gasteiger charge is -2.26. The van der Waals surface area contributed by atoms with Crippen molar-refractivity contribution < 1.29 is 0 Å². The molecule has 0 N–H and O–H groups in total. The molecule has 0 radical (unpaired) electrons. The van der Waals surface area contributed by atoms with Crippen LogP contribution in [0.4, 0.5) is 0 Å². The summed E-state index contributed by atoms with van der Waals surface area (Å²) in [6, 6.07) is 0. The molecule has 0 saturated carbocycles. The van der Waals surface area contributed by atoms with Crippen LogP contribution < -0.4 is 0 Å². The van der Waals surface area contributed by atoms with Crippen LogP contribution in [0, 0.1) is 12.3 Å². The van der Waals surface area contributed by atoms with Crippen molar-refractivity contribution in [3.63, 3.8) is 0 Å². The van der Waals surface area contributed by atoms with E-state index in [-0.39, 0.29) is 0 Å². The molecule has 0 fully saturated rings. The predicted molar refractivity (Wildman–Crippen MR) is 61.4 cm³/mol. The molecule has 0 unspecified atom stereocenters. The van der Waals surface area contributed by atoms with Gasteiger partial charge >= 0.3 is 0 Å². The lowest BCUT2D eigenvalue weighted by molar-refractivity contribution is 0.453. The third kappa shape index (κ3) is 2.29. The monoisotopic (exact) mass is 187 g/mol. The minimum absolute atomic E-state index is 0.904. The Hall–Kier alpha value is -1.42. The van der Waals surface area contributed by atoms with Gasteiger partial charge in [0, 0.05) is 24.0 Å². The van der Waals surface area contributed by atoms with E-state index in [1.165, 1.54) is 18.4 Å². The van der Waals surface area contributed by atoms with Crippen LogP contribution in [0.5, 0.6) is 0 Å².